The zero-order valence-electron chi connectivity index (χ0n) is 9.79. The molecule has 0 amide bonds. The number of halogens is 1. The lowest BCUT2D eigenvalue weighted by Crippen LogP contribution is -2.58. The van der Waals surface area contributed by atoms with Gasteiger partial charge >= 0.3 is 0 Å². The second kappa shape index (κ2) is 4.07. The summed E-state index contributed by atoms with van der Waals surface area (Å²) in [5.74, 6) is 0. The smallest absolute Gasteiger partial charge is 0.0636 e. The number of hydrogen-bond acceptors (Lipinski definition) is 3. The van der Waals surface area contributed by atoms with Gasteiger partial charge < -0.3 is 15.4 Å². The van der Waals surface area contributed by atoms with Crippen molar-refractivity contribution in [2.24, 2.45) is 5.41 Å². The molecule has 0 bridgehead atoms. The van der Waals surface area contributed by atoms with Gasteiger partial charge in [0, 0.05) is 37.4 Å². The van der Waals surface area contributed by atoms with E-state index in [1.165, 1.54) is 18.5 Å². The normalized spacial score (nSPS) is 22.5. The number of ether oxygens (including phenoxy) is 1. The Balaban J connectivity index is 1.70. The van der Waals surface area contributed by atoms with Gasteiger partial charge in [-0.1, -0.05) is 11.6 Å². The van der Waals surface area contributed by atoms with Crippen molar-refractivity contribution in [2.45, 2.75) is 12.8 Å². The summed E-state index contributed by atoms with van der Waals surface area (Å²) in [6, 6.07) is 5.89. The van der Waals surface area contributed by atoms with Crippen LogP contribution in [0.1, 0.15) is 12.8 Å². The molecule has 2 heterocycles. The molecule has 4 heteroatoms. The van der Waals surface area contributed by atoms with Gasteiger partial charge in [0.1, 0.15) is 0 Å². The lowest BCUT2D eigenvalue weighted by atomic mass is 9.73. The van der Waals surface area contributed by atoms with E-state index in [9.17, 15) is 0 Å². The van der Waals surface area contributed by atoms with Crippen molar-refractivity contribution >= 4 is 23.0 Å². The molecule has 3 nitrogen and oxygen atoms in total. The number of anilines is 2. The summed E-state index contributed by atoms with van der Waals surface area (Å²) < 4.78 is 5.42. The van der Waals surface area contributed by atoms with E-state index in [-0.39, 0.29) is 0 Å². The molecule has 0 radical (unpaired) electrons. The fourth-order valence-electron chi connectivity index (χ4n) is 2.79. The van der Waals surface area contributed by atoms with E-state index in [0.717, 1.165) is 26.3 Å². The molecular formula is C13H17ClN2O. The molecule has 0 unspecified atom stereocenters. The summed E-state index contributed by atoms with van der Waals surface area (Å²) in [6.07, 6.45) is 2.37. The highest BCUT2D eigenvalue weighted by molar-refractivity contribution is 6.33. The van der Waals surface area contributed by atoms with Crippen molar-refractivity contribution in [2.75, 3.05) is 36.9 Å². The highest BCUT2D eigenvalue weighted by Gasteiger charge is 2.43. The third-order valence-corrected chi connectivity index (χ3v) is 4.29. The van der Waals surface area contributed by atoms with E-state index >= 15 is 0 Å². The Morgan fingerprint density at radius 2 is 1.94 bits per heavy atom. The summed E-state index contributed by atoms with van der Waals surface area (Å²) >= 11 is 5.93. The summed E-state index contributed by atoms with van der Waals surface area (Å²) in [7, 11) is 0. The van der Waals surface area contributed by atoms with Gasteiger partial charge in [0.25, 0.3) is 0 Å². The van der Waals surface area contributed by atoms with Gasteiger partial charge in [0.15, 0.2) is 0 Å². The zero-order valence-corrected chi connectivity index (χ0v) is 10.5. The predicted molar refractivity (Wildman–Crippen MR) is 70.6 cm³/mol. The predicted octanol–water partition coefficient (Wildman–Crippen LogP) is 2.54. The van der Waals surface area contributed by atoms with E-state index in [4.69, 9.17) is 22.1 Å². The Bertz CT molecular complexity index is 421. The van der Waals surface area contributed by atoms with Gasteiger partial charge in [0.2, 0.25) is 0 Å². The molecule has 92 valence electrons. The van der Waals surface area contributed by atoms with Gasteiger partial charge in [-0.25, -0.2) is 0 Å². The SMILES string of the molecule is Nc1cc(N2CC3(CCOCC3)C2)ccc1Cl. The Morgan fingerprint density at radius 3 is 2.59 bits per heavy atom. The maximum absolute atomic E-state index is 5.93. The topological polar surface area (TPSA) is 38.5 Å². The van der Waals surface area contributed by atoms with Crippen LogP contribution in [0.5, 0.6) is 0 Å². The molecule has 17 heavy (non-hydrogen) atoms. The monoisotopic (exact) mass is 252 g/mol. The highest BCUT2D eigenvalue weighted by atomic mass is 35.5. The second-order valence-electron chi connectivity index (χ2n) is 5.17. The molecule has 0 atom stereocenters. The maximum atomic E-state index is 5.93. The molecule has 1 aromatic carbocycles. The van der Waals surface area contributed by atoms with Crippen LogP contribution in [0.15, 0.2) is 18.2 Å². The standard InChI is InChI=1S/C13H17ClN2O/c14-11-2-1-10(7-12(11)15)16-8-13(9-16)3-5-17-6-4-13/h1-2,7H,3-6,8-9,15H2. The Hall–Kier alpha value is -0.930. The van der Waals surface area contributed by atoms with Crippen LogP contribution in [0.25, 0.3) is 0 Å². The second-order valence-corrected chi connectivity index (χ2v) is 5.58. The molecule has 0 aromatic heterocycles. The highest BCUT2D eigenvalue weighted by Crippen LogP contribution is 2.42. The number of nitrogen functional groups attached to an aromatic ring is 1. The minimum atomic E-state index is 0.493. The average Bonchev–Trinajstić information content (AvgIpc) is 2.31. The minimum Gasteiger partial charge on any atom is -0.397 e. The van der Waals surface area contributed by atoms with Crippen molar-refractivity contribution in [1.82, 2.24) is 0 Å². The van der Waals surface area contributed by atoms with Gasteiger partial charge in [-0.2, -0.15) is 0 Å². The Morgan fingerprint density at radius 1 is 1.24 bits per heavy atom. The molecule has 0 aliphatic carbocycles. The molecule has 2 N–H and O–H groups in total. The number of nitrogens with zero attached hydrogens (tertiary/aromatic N) is 1. The minimum absolute atomic E-state index is 0.493. The van der Waals surface area contributed by atoms with Crippen LogP contribution in [-0.4, -0.2) is 26.3 Å². The third kappa shape index (κ3) is 1.98. The number of benzene rings is 1. The Kier molecular flexibility index (Phi) is 2.68. The number of rotatable bonds is 1. The first-order valence-electron chi connectivity index (χ1n) is 6.06. The molecule has 1 spiro atoms. The lowest BCUT2D eigenvalue weighted by Gasteiger charge is -2.53. The van der Waals surface area contributed by atoms with E-state index in [1.807, 2.05) is 18.2 Å². The van der Waals surface area contributed by atoms with Gasteiger partial charge in [-0.15, -0.1) is 0 Å². The van der Waals surface area contributed by atoms with Crippen LogP contribution < -0.4 is 10.6 Å². The van der Waals surface area contributed by atoms with Crippen LogP contribution in [0.4, 0.5) is 11.4 Å². The number of nitrogens with two attached hydrogens (primary N) is 1. The zero-order chi connectivity index (χ0) is 11.9. The summed E-state index contributed by atoms with van der Waals surface area (Å²) in [5, 5.41) is 0.634. The van der Waals surface area contributed by atoms with Crippen LogP contribution in [0.3, 0.4) is 0 Å². The molecule has 3 rings (SSSR count). The van der Waals surface area contributed by atoms with Crippen molar-refractivity contribution in [1.29, 1.82) is 0 Å². The van der Waals surface area contributed by atoms with Crippen molar-refractivity contribution < 1.29 is 4.74 Å². The first kappa shape index (κ1) is 11.2. The average molecular weight is 253 g/mol. The fourth-order valence-corrected chi connectivity index (χ4v) is 2.91. The van der Waals surface area contributed by atoms with Crippen molar-refractivity contribution in [3.8, 4) is 0 Å². The third-order valence-electron chi connectivity index (χ3n) is 3.95. The van der Waals surface area contributed by atoms with Crippen LogP contribution in [0, 0.1) is 5.41 Å². The van der Waals surface area contributed by atoms with E-state index in [1.54, 1.807) is 0 Å². The summed E-state index contributed by atoms with van der Waals surface area (Å²) in [5.41, 5.74) is 8.17. The number of hydrogen-bond donors (Lipinski definition) is 1. The van der Waals surface area contributed by atoms with Crippen molar-refractivity contribution in [3.05, 3.63) is 23.2 Å². The molecule has 0 saturated carbocycles. The van der Waals surface area contributed by atoms with E-state index < -0.39 is 0 Å². The summed E-state index contributed by atoms with van der Waals surface area (Å²) in [4.78, 5) is 2.37. The van der Waals surface area contributed by atoms with Crippen molar-refractivity contribution in [3.63, 3.8) is 0 Å². The van der Waals surface area contributed by atoms with Gasteiger partial charge in [0.05, 0.1) is 10.7 Å². The van der Waals surface area contributed by atoms with Crippen LogP contribution in [-0.2, 0) is 4.74 Å². The fraction of sp³-hybridized carbons (Fsp3) is 0.538. The first-order valence-corrected chi connectivity index (χ1v) is 6.44. The van der Waals surface area contributed by atoms with Crippen LogP contribution >= 0.6 is 11.6 Å². The first-order chi connectivity index (χ1) is 8.19. The van der Waals surface area contributed by atoms with Crippen LogP contribution in [0.2, 0.25) is 5.02 Å². The molecule has 2 fully saturated rings. The van der Waals surface area contributed by atoms with E-state index in [2.05, 4.69) is 4.90 Å². The molecule has 2 saturated heterocycles. The maximum Gasteiger partial charge on any atom is 0.0636 e. The molecular weight excluding hydrogens is 236 g/mol. The van der Waals surface area contributed by atoms with E-state index in [0.29, 0.717) is 16.1 Å². The molecule has 2 aliphatic rings. The van der Waals surface area contributed by atoms with Gasteiger partial charge in [-0.05, 0) is 31.0 Å². The molecule has 1 aromatic rings. The largest absolute Gasteiger partial charge is 0.397 e. The molecule has 2 aliphatic heterocycles. The summed E-state index contributed by atoms with van der Waals surface area (Å²) in [6.45, 7) is 4.07. The Labute approximate surface area is 106 Å². The lowest BCUT2D eigenvalue weighted by molar-refractivity contribution is -0.000187. The quantitative estimate of drug-likeness (QED) is 0.781. The van der Waals surface area contributed by atoms with Gasteiger partial charge in [-0.3, -0.25) is 0 Å².